The fourth-order valence-corrected chi connectivity index (χ4v) is 1.94. The van der Waals surface area contributed by atoms with E-state index in [1.54, 1.807) is 24.8 Å². The highest BCUT2D eigenvalue weighted by Gasteiger charge is 2.19. The molecule has 0 bridgehead atoms. The molecule has 0 saturated carbocycles. The molecule has 2 aromatic rings. The van der Waals surface area contributed by atoms with Crippen molar-refractivity contribution in [1.29, 1.82) is 0 Å². The zero-order valence-electron chi connectivity index (χ0n) is 9.55. The molecule has 0 aliphatic rings. The van der Waals surface area contributed by atoms with Crippen LogP contribution in [0, 0.1) is 0 Å². The molecule has 0 spiro atoms. The molecule has 2 aromatic heterocycles. The molecular formula is C11H14ClN5. The summed E-state index contributed by atoms with van der Waals surface area (Å²) >= 11 is 6.11. The van der Waals surface area contributed by atoms with Crippen LogP contribution < -0.4 is 5.73 Å². The Hall–Kier alpha value is -1.46. The van der Waals surface area contributed by atoms with Gasteiger partial charge in [-0.25, -0.2) is 0 Å². The summed E-state index contributed by atoms with van der Waals surface area (Å²) in [5, 5.41) is 4.77. The molecule has 6 heteroatoms. The first kappa shape index (κ1) is 12.0. The number of rotatable bonds is 4. The molecular weight excluding hydrogens is 238 g/mol. The number of halogens is 1. The standard InChI is InChI=1S/C11H14ClN5/c1-2-5-17-11(8(12)6-16-17)10(13)9-7-14-3-4-15-9/h3-4,6-7,10H,2,5,13H2,1H3. The van der Waals surface area contributed by atoms with Gasteiger partial charge in [-0.2, -0.15) is 5.10 Å². The highest BCUT2D eigenvalue weighted by molar-refractivity contribution is 6.31. The number of nitrogens with zero attached hydrogens (tertiary/aromatic N) is 4. The Morgan fingerprint density at radius 3 is 2.88 bits per heavy atom. The number of aromatic nitrogens is 4. The van der Waals surface area contributed by atoms with E-state index in [4.69, 9.17) is 17.3 Å². The third-order valence-electron chi connectivity index (χ3n) is 2.47. The molecule has 2 heterocycles. The van der Waals surface area contributed by atoms with Crippen LogP contribution in [0.4, 0.5) is 0 Å². The summed E-state index contributed by atoms with van der Waals surface area (Å²) in [5.41, 5.74) is 7.62. The van der Waals surface area contributed by atoms with E-state index in [1.807, 2.05) is 4.68 Å². The molecule has 0 radical (unpaired) electrons. The molecule has 0 aromatic carbocycles. The van der Waals surface area contributed by atoms with E-state index in [0.29, 0.717) is 10.7 Å². The molecule has 0 saturated heterocycles. The quantitative estimate of drug-likeness (QED) is 0.899. The summed E-state index contributed by atoms with van der Waals surface area (Å²) in [4.78, 5) is 8.20. The van der Waals surface area contributed by atoms with Gasteiger partial charge in [0.15, 0.2) is 0 Å². The lowest BCUT2D eigenvalue weighted by Gasteiger charge is -2.13. The van der Waals surface area contributed by atoms with Gasteiger partial charge in [-0.1, -0.05) is 18.5 Å². The van der Waals surface area contributed by atoms with Gasteiger partial charge in [-0.3, -0.25) is 14.6 Å². The molecule has 2 N–H and O–H groups in total. The average molecular weight is 252 g/mol. The van der Waals surface area contributed by atoms with Crippen LogP contribution in [0.3, 0.4) is 0 Å². The Morgan fingerprint density at radius 2 is 2.24 bits per heavy atom. The first-order chi connectivity index (χ1) is 8.24. The predicted molar refractivity (Wildman–Crippen MR) is 65.6 cm³/mol. The summed E-state index contributed by atoms with van der Waals surface area (Å²) in [6.07, 6.45) is 7.45. The van der Waals surface area contributed by atoms with E-state index in [1.165, 1.54) is 0 Å². The predicted octanol–water partition coefficient (Wildman–Crippen LogP) is 1.78. The van der Waals surface area contributed by atoms with Gasteiger partial charge >= 0.3 is 0 Å². The van der Waals surface area contributed by atoms with Crippen LogP contribution in [-0.4, -0.2) is 19.7 Å². The average Bonchev–Trinajstić information content (AvgIpc) is 2.71. The Labute approximate surface area is 105 Å². The first-order valence-electron chi connectivity index (χ1n) is 5.46. The van der Waals surface area contributed by atoms with Crippen molar-refractivity contribution in [2.75, 3.05) is 0 Å². The van der Waals surface area contributed by atoms with Crippen molar-refractivity contribution in [3.05, 3.63) is 41.2 Å². The molecule has 0 amide bonds. The second kappa shape index (κ2) is 5.25. The van der Waals surface area contributed by atoms with Crippen LogP contribution in [0.15, 0.2) is 24.8 Å². The number of hydrogen-bond donors (Lipinski definition) is 1. The second-order valence-electron chi connectivity index (χ2n) is 3.71. The molecule has 0 aliphatic carbocycles. The number of nitrogens with two attached hydrogens (primary N) is 1. The van der Waals surface area contributed by atoms with Crippen LogP contribution >= 0.6 is 11.6 Å². The minimum atomic E-state index is -0.398. The van der Waals surface area contributed by atoms with Crippen molar-refractivity contribution < 1.29 is 0 Å². The van der Waals surface area contributed by atoms with Crippen LogP contribution in [0.2, 0.25) is 5.02 Å². The van der Waals surface area contributed by atoms with Crippen molar-refractivity contribution in [2.24, 2.45) is 5.73 Å². The molecule has 5 nitrogen and oxygen atoms in total. The van der Waals surface area contributed by atoms with Gasteiger partial charge in [-0.15, -0.1) is 0 Å². The van der Waals surface area contributed by atoms with Crippen molar-refractivity contribution >= 4 is 11.6 Å². The molecule has 1 unspecified atom stereocenters. The van der Waals surface area contributed by atoms with E-state index >= 15 is 0 Å². The molecule has 0 aliphatic heterocycles. The van der Waals surface area contributed by atoms with Crippen molar-refractivity contribution in [3.63, 3.8) is 0 Å². The SMILES string of the molecule is CCCn1ncc(Cl)c1C(N)c1cnccn1. The van der Waals surface area contributed by atoms with Crippen LogP contribution in [0.5, 0.6) is 0 Å². The van der Waals surface area contributed by atoms with Gasteiger partial charge in [0.1, 0.15) is 0 Å². The maximum atomic E-state index is 6.14. The molecule has 90 valence electrons. The molecule has 2 rings (SSSR count). The van der Waals surface area contributed by atoms with Gasteiger partial charge in [0.2, 0.25) is 0 Å². The van der Waals surface area contributed by atoms with E-state index < -0.39 is 6.04 Å². The van der Waals surface area contributed by atoms with Crippen molar-refractivity contribution in [2.45, 2.75) is 25.9 Å². The van der Waals surface area contributed by atoms with Gasteiger partial charge in [0.25, 0.3) is 0 Å². The van der Waals surface area contributed by atoms with Crippen molar-refractivity contribution in [3.8, 4) is 0 Å². The largest absolute Gasteiger partial charge is 0.318 e. The van der Waals surface area contributed by atoms with Gasteiger partial charge in [0, 0.05) is 18.9 Å². The lowest BCUT2D eigenvalue weighted by Crippen LogP contribution is -2.19. The van der Waals surface area contributed by atoms with Gasteiger partial charge in [0.05, 0.1) is 34.8 Å². The highest BCUT2D eigenvalue weighted by Crippen LogP contribution is 2.25. The topological polar surface area (TPSA) is 69.6 Å². The van der Waals surface area contributed by atoms with Gasteiger partial charge in [-0.05, 0) is 6.42 Å². The van der Waals surface area contributed by atoms with Crippen LogP contribution in [-0.2, 0) is 6.54 Å². The third-order valence-corrected chi connectivity index (χ3v) is 2.76. The fraction of sp³-hybridized carbons (Fsp3) is 0.364. The smallest absolute Gasteiger partial charge is 0.0927 e. The van der Waals surface area contributed by atoms with E-state index in [-0.39, 0.29) is 0 Å². The fourth-order valence-electron chi connectivity index (χ4n) is 1.68. The Balaban J connectivity index is 2.36. The van der Waals surface area contributed by atoms with Crippen molar-refractivity contribution in [1.82, 2.24) is 19.7 Å². The zero-order chi connectivity index (χ0) is 12.3. The van der Waals surface area contributed by atoms with Crippen LogP contribution in [0.1, 0.15) is 30.8 Å². The second-order valence-corrected chi connectivity index (χ2v) is 4.12. The minimum Gasteiger partial charge on any atom is -0.318 e. The maximum absolute atomic E-state index is 6.14. The summed E-state index contributed by atoms with van der Waals surface area (Å²) in [6, 6.07) is -0.398. The summed E-state index contributed by atoms with van der Waals surface area (Å²) in [5.74, 6) is 0. The summed E-state index contributed by atoms with van der Waals surface area (Å²) in [6.45, 7) is 2.86. The summed E-state index contributed by atoms with van der Waals surface area (Å²) in [7, 11) is 0. The number of aryl methyl sites for hydroxylation is 1. The third kappa shape index (κ3) is 2.45. The monoisotopic (exact) mass is 251 g/mol. The Morgan fingerprint density at radius 1 is 1.41 bits per heavy atom. The molecule has 17 heavy (non-hydrogen) atoms. The van der Waals surface area contributed by atoms with Crippen LogP contribution in [0.25, 0.3) is 0 Å². The zero-order valence-corrected chi connectivity index (χ0v) is 10.3. The Bertz CT molecular complexity index is 482. The summed E-state index contributed by atoms with van der Waals surface area (Å²) < 4.78 is 1.82. The Kier molecular flexibility index (Phi) is 3.71. The molecule has 0 fully saturated rings. The van der Waals surface area contributed by atoms with E-state index in [2.05, 4.69) is 22.0 Å². The lowest BCUT2D eigenvalue weighted by molar-refractivity contribution is 0.556. The first-order valence-corrected chi connectivity index (χ1v) is 5.84. The number of hydrogen-bond acceptors (Lipinski definition) is 4. The van der Waals surface area contributed by atoms with E-state index in [9.17, 15) is 0 Å². The normalized spacial score (nSPS) is 12.6. The van der Waals surface area contributed by atoms with E-state index in [0.717, 1.165) is 18.7 Å². The molecule has 1 atom stereocenters. The maximum Gasteiger partial charge on any atom is 0.0927 e. The minimum absolute atomic E-state index is 0.398. The van der Waals surface area contributed by atoms with Gasteiger partial charge < -0.3 is 5.73 Å². The highest BCUT2D eigenvalue weighted by atomic mass is 35.5. The lowest BCUT2D eigenvalue weighted by atomic mass is 10.1.